The van der Waals surface area contributed by atoms with Gasteiger partial charge >= 0.3 is 0 Å². The highest BCUT2D eigenvalue weighted by molar-refractivity contribution is 6.09. The number of nitrogens with zero attached hydrogens (tertiary/aromatic N) is 2. The molecule has 2 aliphatic rings. The van der Waals surface area contributed by atoms with Crippen molar-refractivity contribution >= 4 is 43.6 Å². The Bertz CT molecular complexity index is 2980. The Hall–Kier alpha value is -6.64. The summed E-state index contributed by atoms with van der Waals surface area (Å²) in [6.07, 6.45) is 4.25. The zero-order valence-electron chi connectivity index (χ0n) is 41.3. The standard InChI is InChI=1S/2C28H23N.4C2H6/c1-2-19-17-26-21(15-20-9-3-4-10-23(20)26)16-22(19)18-29-27-13-7-5-11-24(27)25-12-6-8-14-28(25)29;1-2-21-20(15-16-23-22-10-4-3-9-19(22)17-26(21)23)18-29-27-13-7-5-11-24(27)25-12-6-8-14-28(25)29;4*1-2/h3-14,16-17H,2,15,18H2,1H3;3-16H,2,17-18H2,1H3;4*1-2H3. The molecule has 336 valence electrons. The van der Waals surface area contributed by atoms with E-state index in [1.165, 1.54) is 110 Å². The molecule has 2 nitrogen and oxygen atoms in total. The van der Waals surface area contributed by atoms with Crippen LogP contribution in [0.25, 0.3) is 65.9 Å². The fraction of sp³-hybridized carbons (Fsp3) is 0.250. The minimum absolute atomic E-state index is 0.917. The molecule has 2 heterocycles. The van der Waals surface area contributed by atoms with Gasteiger partial charge in [-0.1, -0.05) is 215 Å². The van der Waals surface area contributed by atoms with Crippen LogP contribution in [0.3, 0.4) is 0 Å². The minimum atomic E-state index is 0.917. The van der Waals surface area contributed by atoms with Crippen LogP contribution in [-0.4, -0.2) is 9.13 Å². The van der Waals surface area contributed by atoms with E-state index in [0.29, 0.717) is 0 Å². The molecule has 10 aromatic rings. The lowest BCUT2D eigenvalue weighted by Gasteiger charge is -2.16. The van der Waals surface area contributed by atoms with Crippen molar-refractivity contribution in [1.29, 1.82) is 0 Å². The van der Waals surface area contributed by atoms with E-state index < -0.39 is 0 Å². The summed E-state index contributed by atoms with van der Waals surface area (Å²) in [5, 5.41) is 5.37. The molecule has 0 spiro atoms. The second-order valence-electron chi connectivity index (χ2n) is 16.1. The third-order valence-electron chi connectivity index (χ3n) is 13.1. The number of hydrogen-bond acceptors (Lipinski definition) is 0. The van der Waals surface area contributed by atoms with Gasteiger partial charge in [-0.3, -0.25) is 0 Å². The Morgan fingerprint density at radius 1 is 0.333 bits per heavy atom. The topological polar surface area (TPSA) is 9.86 Å². The van der Waals surface area contributed by atoms with Crippen LogP contribution < -0.4 is 0 Å². The Morgan fingerprint density at radius 3 is 1.21 bits per heavy atom. The summed E-state index contributed by atoms with van der Waals surface area (Å²) in [7, 11) is 0. The third kappa shape index (κ3) is 8.74. The van der Waals surface area contributed by atoms with Crippen molar-refractivity contribution in [1.82, 2.24) is 9.13 Å². The van der Waals surface area contributed by atoms with Gasteiger partial charge < -0.3 is 9.13 Å². The van der Waals surface area contributed by atoms with Crippen LogP contribution in [0.5, 0.6) is 0 Å². The number of para-hydroxylation sites is 4. The molecule has 0 unspecified atom stereocenters. The number of fused-ring (bicyclic) bond motifs is 12. The molecule has 0 amide bonds. The van der Waals surface area contributed by atoms with Gasteiger partial charge in [0.2, 0.25) is 0 Å². The molecular formula is C64H70N2. The van der Waals surface area contributed by atoms with Crippen LogP contribution in [-0.2, 0) is 38.8 Å². The van der Waals surface area contributed by atoms with E-state index >= 15 is 0 Å². The first-order valence-corrected chi connectivity index (χ1v) is 25.0. The normalized spacial score (nSPS) is 11.3. The zero-order valence-corrected chi connectivity index (χ0v) is 41.3. The lowest BCUT2D eigenvalue weighted by molar-refractivity contribution is 0.847. The van der Waals surface area contributed by atoms with Crippen molar-refractivity contribution in [3.05, 3.63) is 214 Å². The molecule has 8 aromatic carbocycles. The van der Waals surface area contributed by atoms with E-state index in [2.05, 4.69) is 193 Å². The van der Waals surface area contributed by atoms with Crippen LogP contribution in [0.15, 0.2) is 170 Å². The van der Waals surface area contributed by atoms with Crippen molar-refractivity contribution < 1.29 is 0 Å². The van der Waals surface area contributed by atoms with E-state index in [1.54, 1.807) is 0 Å². The summed E-state index contributed by atoms with van der Waals surface area (Å²) in [5.74, 6) is 0. The number of aromatic nitrogens is 2. The zero-order chi connectivity index (χ0) is 46.7. The second-order valence-corrected chi connectivity index (χ2v) is 16.1. The summed E-state index contributed by atoms with van der Waals surface area (Å²) in [4.78, 5) is 0. The number of aryl methyl sites for hydroxylation is 1. The highest BCUT2D eigenvalue weighted by atomic mass is 15.0. The van der Waals surface area contributed by atoms with Crippen molar-refractivity contribution in [2.24, 2.45) is 0 Å². The number of benzene rings is 8. The van der Waals surface area contributed by atoms with Gasteiger partial charge in [0, 0.05) is 56.7 Å². The first-order valence-electron chi connectivity index (χ1n) is 25.0. The Morgan fingerprint density at radius 2 is 0.742 bits per heavy atom. The average Bonchev–Trinajstić information content (AvgIpc) is 4.14. The van der Waals surface area contributed by atoms with Gasteiger partial charge in [0.15, 0.2) is 0 Å². The van der Waals surface area contributed by atoms with Gasteiger partial charge in [-0.25, -0.2) is 0 Å². The molecule has 0 saturated heterocycles. The van der Waals surface area contributed by atoms with Crippen molar-refractivity contribution in [2.75, 3.05) is 0 Å². The lowest BCUT2D eigenvalue weighted by Crippen LogP contribution is -2.05. The molecule has 0 fully saturated rings. The fourth-order valence-corrected chi connectivity index (χ4v) is 10.4. The largest absolute Gasteiger partial charge is 0.336 e. The molecule has 0 saturated carbocycles. The van der Waals surface area contributed by atoms with Gasteiger partial charge in [0.1, 0.15) is 0 Å². The predicted molar refractivity (Wildman–Crippen MR) is 291 cm³/mol. The van der Waals surface area contributed by atoms with E-state index in [-0.39, 0.29) is 0 Å². The first kappa shape index (κ1) is 47.3. The molecule has 66 heavy (non-hydrogen) atoms. The van der Waals surface area contributed by atoms with Crippen molar-refractivity contribution in [3.63, 3.8) is 0 Å². The molecule has 0 N–H and O–H groups in total. The highest BCUT2D eigenvalue weighted by Crippen LogP contribution is 2.41. The van der Waals surface area contributed by atoms with Gasteiger partial charge in [-0.05, 0) is 117 Å². The molecule has 2 heteroatoms. The average molecular weight is 867 g/mol. The molecule has 0 aliphatic heterocycles. The lowest BCUT2D eigenvalue weighted by atomic mass is 9.94. The monoisotopic (exact) mass is 867 g/mol. The SMILES string of the molecule is CC.CC.CC.CC.CCc1c(Cn2c3ccccc3c3ccccc32)ccc2c1Cc1ccccc1-2.CCc1cc2c(cc1Cn1c3ccccc3c3ccccc31)Cc1ccccc1-2. The summed E-state index contributed by atoms with van der Waals surface area (Å²) >= 11 is 0. The number of rotatable bonds is 6. The molecular weight excluding hydrogens is 797 g/mol. The van der Waals surface area contributed by atoms with Crippen LogP contribution in [0, 0.1) is 0 Å². The molecule has 0 bridgehead atoms. The minimum Gasteiger partial charge on any atom is -0.336 e. The third-order valence-corrected chi connectivity index (χ3v) is 13.1. The maximum Gasteiger partial charge on any atom is 0.0494 e. The van der Waals surface area contributed by atoms with Gasteiger partial charge in [-0.2, -0.15) is 0 Å². The Balaban J connectivity index is 0.000000171. The van der Waals surface area contributed by atoms with E-state index in [4.69, 9.17) is 0 Å². The summed E-state index contributed by atoms with van der Waals surface area (Å²) < 4.78 is 4.99. The maximum atomic E-state index is 2.49. The molecule has 0 radical (unpaired) electrons. The fourth-order valence-electron chi connectivity index (χ4n) is 10.4. The van der Waals surface area contributed by atoms with Crippen LogP contribution in [0.1, 0.15) is 114 Å². The van der Waals surface area contributed by atoms with E-state index in [0.717, 1.165) is 38.8 Å². The molecule has 2 aromatic heterocycles. The van der Waals surface area contributed by atoms with Crippen LogP contribution in [0.4, 0.5) is 0 Å². The summed E-state index contributed by atoms with van der Waals surface area (Å²) in [5.41, 5.74) is 22.8. The van der Waals surface area contributed by atoms with Gasteiger partial charge in [0.25, 0.3) is 0 Å². The number of hydrogen-bond donors (Lipinski definition) is 0. The molecule has 0 atom stereocenters. The Labute approximate surface area is 395 Å². The van der Waals surface area contributed by atoms with E-state index in [9.17, 15) is 0 Å². The summed E-state index contributed by atoms with van der Waals surface area (Å²) in [6.45, 7) is 22.4. The van der Waals surface area contributed by atoms with Gasteiger partial charge in [-0.15, -0.1) is 0 Å². The van der Waals surface area contributed by atoms with Crippen molar-refractivity contribution in [3.8, 4) is 22.3 Å². The summed E-state index contributed by atoms with van der Waals surface area (Å²) in [6, 6.07) is 62.5. The predicted octanol–water partition coefficient (Wildman–Crippen LogP) is 18.1. The quantitative estimate of drug-likeness (QED) is 0.158. The van der Waals surface area contributed by atoms with Gasteiger partial charge in [0.05, 0.1) is 0 Å². The first-order chi connectivity index (χ1) is 32.7. The molecule has 2 aliphatic carbocycles. The molecule has 12 rings (SSSR count). The maximum absolute atomic E-state index is 2.49. The van der Waals surface area contributed by atoms with Crippen LogP contribution in [0.2, 0.25) is 0 Å². The second kappa shape index (κ2) is 22.0. The van der Waals surface area contributed by atoms with E-state index in [1.807, 2.05) is 55.4 Å². The van der Waals surface area contributed by atoms with Crippen LogP contribution >= 0.6 is 0 Å². The van der Waals surface area contributed by atoms with Crippen molar-refractivity contribution in [2.45, 2.75) is 108 Å². The Kier molecular flexibility index (Phi) is 15.8. The highest BCUT2D eigenvalue weighted by Gasteiger charge is 2.23. The smallest absolute Gasteiger partial charge is 0.0494 e.